The summed E-state index contributed by atoms with van der Waals surface area (Å²) in [7, 11) is -1.19. The Hall–Kier alpha value is -2.35. The van der Waals surface area contributed by atoms with Gasteiger partial charge in [-0.1, -0.05) is 31.1 Å². The molecule has 2 aromatic heterocycles. The summed E-state index contributed by atoms with van der Waals surface area (Å²) in [6.45, 7) is 4.24. The van der Waals surface area contributed by atoms with Gasteiger partial charge < -0.3 is 4.52 Å². The maximum absolute atomic E-state index is 12.4. The molecule has 1 aromatic carbocycles. The minimum atomic E-state index is -1.19. The molecule has 0 spiro atoms. The number of nitrogens with zero attached hydrogens (tertiary/aromatic N) is 4. The first kappa shape index (κ1) is 16.5. The Balaban J connectivity index is 1.66. The third-order valence-corrected chi connectivity index (χ3v) is 4.78. The maximum Gasteiger partial charge on any atom is 0.261 e. The van der Waals surface area contributed by atoms with Gasteiger partial charge in [0.15, 0.2) is 5.82 Å². The average molecular weight is 346 g/mol. The van der Waals surface area contributed by atoms with E-state index in [1.165, 1.54) is 10.9 Å². The van der Waals surface area contributed by atoms with Gasteiger partial charge in [-0.15, -0.1) is 0 Å². The topological polar surface area (TPSA) is 90.9 Å². The number of rotatable bonds is 6. The summed E-state index contributed by atoms with van der Waals surface area (Å²) < 4.78 is 18.8. The van der Waals surface area contributed by atoms with E-state index in [1.54, 1.807) is 18.2 Å². The Morgan fingerprint density at radius 3 is 2.83 bits per heavy atom. The number of aryl methyl sites for hydroxylation is 1. The van der Waals surface area contributed by atoms with E-state index in [9.17, 15) is 9.00 Å². The van der Waals surface area contributed by atoms with Gasteiger partial charge in [-0.3, -0.25) is 13.6 Å². The summed E-state index contributed by atoms with van der Waals surface area (Å²) in [6, 6.07) is 7.17. The third-order valence-electron chi connectivity index (χ3n) is 3.56. The van der Waals surface area contributed by atoms with E-state index >= 15 is 0 Å². The van der Waals surface area contributed by atoms with Crippen LogP contribution >= 0.6 is 0 Å². The van der Waals surface area contributed by atoms with Crippen LogP contribution in [0.1, 0.15) is 31.5 Å². The molecule has 0 aliphatic heterocycles. The van der Waals surface area contributed by atoms with Gasteiger partial charge in [0.25, 0.3) is 5.56 Å². The molecular formula is C16H18N4O3S. The Morgan fingerprint density at radius 2 is 2.08 bits per heavy atom. The maximum atomic E-state index is 12.4. The van der Waals surface area contributed by atoms with Crippen LogP contribution < -0.4 is 5.56 Å². The Labute approximate surface area is 141 Å². The molecule has 2 heterocycles. The van der Waals surface area contributed by atoms with E-state index in [0.29, 0.717) is 34.9 Å². The van der Waals surface area contributed by atoms with E-state index < -0.39 is 10.8 Å². The summed E-state index contributed by atoms with van der Waals surface area (Å²) in [4.78, 5) is 20.8. The van der Waals surface area contributed by atoms with E-state index in [-0.39, 0.29) is 17.2 Å². The van der Waals surface area contributed by atoms with E-state index in [4.69, 9.17) is 4.52 Å². The predicted octanol–water partition coefficient (Wildman–Crippen LogP) is 1.85. The number of para-hydroxylation sites is 1. The van der Waals surface area contributed by atoms with Crippen LogP contribution in [0.4, 0.5) is 0 Å². The summed E-state index contributed by atoms with van der Waals surface area (Å²) in [6.07, 6.45) is 1.49. The van der Waals surface area contributed by atoms with Crippen LogP contribution in [-0.2, 0) is 23.1 Å². The minimum absolute atomic E-state index is 0.126. The van der Waals surface area contributed by atoms with Crippen LogP contribution in [-0.4, -0.2) is 29.7 Å². The molecule has 0 bridgehead atoms. The highest BCUT2D eigenvalue weighted by Gasteiger charge is 2.13. The molecule has 8 heteroatoms. The van der Waals surface area contributed by atoms with E-state index in [1.807, 2.05) is 19.9 Å². The van der Waals surface area contributed by atoms with Crippen molar-refractivity contribution in [2.45, 2.75) is 32.1 Å². The Morgan fingerprint density at radius 1 is 1.29 bits per heavy atom. The molecule has 0 saturated heterocycles. The second-order valence-corrected chi connectivity index (χ2v) is 7.33. The Bertz CT molecular complexity index is 932. The van der Waals surface area contributed by atoms with Crippen molar-refractivity contribution in [1.29, 1.82) is 0 Å². The fourth-order valence-electron chi connectivity index (χ4n) is 2.24. The minimum Gasteiger partial charge on any atom is -0.339 e. The molecule has 0 aliphatic rings. The van der Waals surface area contributed by atoms with Gasteiger partial charge in [-0.05, 0) is 12.1 Å². The quantitative estimate of drug-likeness (QED) is 0.676. The van der Waals surface area contributed by atoms with Crippen LogP contribution in [0.5, 0.6) is 0 Å². The largest absolute Gasteiger partial charge is 0.339 e. The van der Waals surface area contributed by atoms with Crippen molar-refractivity contribution in [3.8, 4) is 0 Å². The lowest BCUT2D eigenvalue weighted by Gasteiger charge is -2.05. The van der Waals surface area contributed by atoms with Gasteiger partial charge in [-0.2, -0.15) is 4.98 Å². The normalized spacial score (nSPS) is 12.8. The highest BCUT2D eigenvalue weighted by atomic mass is 32.2. The molecule has 1 atom stereocenters. The molecule has 126 valence electrons. The van der Waals surface area contributed by atoms with Crippen molar-refractivity contribution in [3.63, 3.8) is 0 Å². The van der Waals surface area contributed by atoms with Crippen molar-refractivity contribution in [2.24, 2.45) is 0 Å². The first-order chi connectivity index (χ1) is 11.5. The summed E-state index contributed by atoms with van der Waals surface area (Å²) in [5, 5.41) is 4.39. The molecule has 0 unspecified atom stereocenters. The van der Waals surface area contributed by atoms with Gasteiger partial charge in [0, 0.05) is 29.0 Å². The molecule has 7 nitrogen and oxygen atoms in total. The van der Waals surface area contributed by atoms with Gasteiger partial charge in [0.2, 0.25) is 5.89 Å². The molecule has 0 amide bonds. The second kappa shape index (κ2) is 7.04. The van der Waals surface area contributed by atoms with Crippen LogP contribution in [0.15, 0.2) is 39.9 Å². The zero-order valence-corrected chi connectivity index (χ0v) is 14.3. The van der Waals surface area contributed by atoms with Gasteiger partial charge >= 0.3 is 0 Å². The van der Waals surface area contributed by atoms with E-state index in [0.717, 1.165) is 0 Å². The smallest absolute Gasteiger partial charge is 0.261 e. The molecule has 3 aromatic rings. The first-order valence-electron chi connectivity index (χ1n) is 7.66. The second-order valence-electron chi connectivity index (χ2n) is 5.75. The zero-order valence-electron chi connectivity index (χ0n) is 13.5. The van der Waals surface area contributed by atoms with Gasteiger partial charge in [0.1, 0.15) is 0 Å². The van der Waals surface area contributed by atoms with Crippen molar-refractivity contribution >= 4 is 21.7 Å². The lowest BCUT2D eigenvalue weighted by atomic mass is 10.2. The zero-order chi connectivity index (χ0) is 17.1. The number of benzene rings is 1. The fourth-order valence-corrected chi connectivity index (χ4v) is 3.19. The Kier molecular flexibility index (Phi) is 4.84. The van der Waals surface area contributed by atoms with Crippen molar-refractivity contribution < 1.29 is 8.73 Å². The van der Waals surface area contributed by atoms with Crippen molar-refractivity contribution in [3.05, 3.63) is 52.7 Å². The van der Waals surface area contributed by atoms with Crippen molar-refractivity contribution in [2.75, 3.05) is 5.75 Å². The van der Waals surface area contributed by atoms with E-state index in [2.05, 4.69) is 15.1 Å². The predicted molar refractivity (Wildman–Crippen MR) is 91.1 cm³/mol. The van der Waals surface area contributed by atoms with Gasteiger partial charge in [-0.25, -0.2) is 4.98 Å². The summed E-state index contributed by atoms with van der Waals surface area (Å²) in [5.41, 5.74) is 0.534. The molecule has 0 saturated carbocycles. The molecule has 24 heavy (non-hydrogen) atoms. The molecule has 3 rings (SSSR count). The molecule has 0 aliphatic carbocycles. The van der Waals surface area contributed by atoms with Crippen LogP contribution in [0, 0.1) is 0 Å². The lowest BCUT2D eigenvalue weighted by molar-refractivity contribution is 0.362. The van der Waals surface area contributed by atoms with Crippen LogP contribution in [0.2, 0.25) is 0 Å². The molecular weight excluding hydrogens is 328 g/mol. The highest BCUT2D eigenvalue weighted by Crippen LogP contribution is 2.11. The summed E-state index contributed by atoms with van der Waals surface area (Å²) >= 11 is 0. The first-order valence-corrected chi connectivity index (χ1v) is 9.15. The average Bonchev–Trinajstić information content (AvgIpc) is 3.03. The fraction of sp³-hybridized carbons (Fsp3) is 0.375. The number of fused-ring (bicyclic) bond motifs is 1. The number of hydrogen-bond donors (Lipinski definition) is 0. The summed E-state index contributed by atoms with van der Waals surface area (Å²) in [5.74, 6) is 1.65. The highest BCUT2D eigenvalue weighted by molar-refractivity contribution is 7.84. The third kappa shape index (κ3) is 3.59. The van der Waals surface area contributed by atoms with Crippen LogP contribution in [0.3, 0.4) is 0 Å². The standard InChI is InChI=1S/C16H18N4O3S/c1-11(2)15-18-14(19-23-15)9-24(22)8-7-20-10-17-13-6-4-3-5-12(13)16(20)21/h3-6,10-11H,7-9H2,1-2H3/t24-/m1/s1. The van der Waals surface area contributed by atoms with Crippen LogP contribution in [0.25, 0.3) is 10.9 Å². The monoisotopic (exact) mass is 346 g/mol. The SMILES string of the molecule is CC(C)c1nc(C[S@](=O)CCn2cnc3ccccc3c2=O)no1. The van der Waals surface area contributed by atoms with Gasteiger partial charge in [0.05, 0.1) is 23.0 Å². The number of aromatic nitrogens is 4. The molecule has 0 fully saturated rings. The molecule has 0 N–H and O–H groups in total. The molecule has 0 radical (unpaired) electrons. The van der Waals surface area contributed by atoms with Crippen molar-refractivity contribution in [1.82, 2.24) is 19.7 Å². The lowest BCUT2D eigenvalue weighted by Crippen LogP contribution is -2.23. The number of hydrogen-bond acceptors (Lipinski definition) is 6.